The Hall–Kier alpha value is -1.42. The fourth-order valence-corrected chi connectivity index (χ4v) is 9.26. The molecular formula is C32H49ClN4O3S2. The van der Waals surface area contributed by atoms with Crippen LogP contribution in [-0.2, 0) is 20.9 Å². The summed E-state index contributed by atoms with van der Waals surface area (Å²) >= 11 is 3.44. The first-order chi connectivity index (χ1) is 20.1. The molecule has 1 aromatic carbocycles. The maximum absolute atomic E-state index is 13.6. The summed E-state index contributed by atoms with van der Waals surface area (Å²) in [5.41, 5.74) is 1.32. The van der Waals surface area contributed by atoms with Crippen LogP contribution in [-0.4, -0.2) is 81.9 Å². The molecule has 3 amide bonds. The smallest absolute Gasteiger partial charge is 0.244 e. The molecule has 2 atom stereocenters. The Kier molecular flexibility index (Phi) is 13.7. The van der Waals surface area contributed by atoms with Crippen molar-refractivity contribution in [3.63, 3.8) is 0 Å². The lowest BCUT2D eigenvalue weighted by Gasteiger charge is -2.33. The summed E-state index contributed by atoms with van der Waals surface area (Å²) in [5, 5.41) is 6.40. The van der Waals surface area contributed by atoms with Crippen molar-refractivity contribution in [2.75, 3.05) is 36.2 Å². The van der Waals surface area contributed by atoms with Gasteiger partial charge in [0.25, 0.3) is 0 Å². The highest BCUT2D eigenvalue weighted by Crippen LogP contribution is 2.31. The number of halogens is 1. The van der Waals surface area contributed by atoms with E-state index < -0.39 is 12.1 Å². The van der Waals surface area contributed by atoms with E-state index in [1.807, 2.05) is 6.07 Å². The summed E-state index contributed by atoms with van der Waals surface area (Å²) in [6, 6.07) is 9.60. The summed E-state index contributed by atoms with van der Waals surface area (Å²) in [7, 11) is 0. The van der Waals surface area contributed by atoms with E-state index >= 15 is 0 Å². The fourth-order valence-electron chi connectivity index (χ4n) is 6.82. The molecule has 0 spiro atoms. The van der Waals surface area contributed by atoms with Gasteiger partial charge in [-0.05, 0) is 55.8 Å². The number of rotatable bonds is 11. The molecule has 2 aliphatic heterocycles. The SMILES string of the molecule is Cl.O=C(N[C@@H](CSCC1CCCCC1)C(=O)NC1CCN(Cc2ccccc2)CC1)C1CSCN1C(=O)C1CCCC1. The van der Waals surface area contributed by atoms with Crippen molar-refractivity contribution in [2.24, 2.45) is 11.8 Å². The quantitative estimate of drug-likeness (QED) is 0.353. The molecule has 0 bridgehead atoms. The molecule has 1 aromatic rings. The third-order valence-corrected chi connectivity index (χ3v) is 11.6. The van der Waals surface area contributed by atoms with Crippen molar-refractivity contribution in [3.05, 3.63) is 35.9 Å². The van der Waals surface area contributed by atoms with E-state index in [1.54, 1.807) is 28.4 Å². The molecule has 2 aliphatic carbocycles. The molecule has 4 fully saturated rings. The van der Waals surface area contributed by atoms with Crippen molar-refractivity contribution < 1.29 is 14.4 Å². The third-order valence-electron chi connectivity index (χ3n) is 9.35. The molecule has 2 heterocycles. The van der Waals surface area contributed by atoms with Crippen LogP contribution in [0.1, 0.15) is 76.2 Å². The Balaban J connectivity index is 0.00000405. The average Bonchev–Trinajstić information content (AvgIpc) is 3.72. The molecule has 4 aliphatic rings. The first-order valence-electron chi connectivity index (χ1n) is 15.9. The molecule has 0 aromatic heterocycles. The van der Waals surface area contributed by atoms with Gasteiger partial charge < -0.3 is 15.5 Å². The number of benzene rings is 1. The highest BCUT2D eigenvalue weighted by molar-refractivity contribution is 7.99. The van der Waals surface area contributed by atoms with Crippen LogP contribution in [0.2, 0.25) is 0 Å². The summed E-state index contributed by atoms with van der Waals surface area (Å²) < 4.78 is 0. The van der Waals surface area contributed by atoms with Gasteiger partial charge in [-0.1, -0.05) is 62.4 Å². The molecule has 234 valence electrons. The number of piperidine rings is 1. The number of carbonyl (C=O) groups excluding carboxylic acids is 3. The Morgan fingerprint density at radius 2 is 1.62 bits per heavy atom. The lowest BCUT2D eigenvalue weighted by Crippen LogP contribution is -2.57. The van der Waals surface area contributed by atoms with Crippen LogP contribution in [0.5, 0.6) is 0 Å². The van der Waals surface area contributed by atoms with Crippen LogP contribution < -0.4 is 10.6 Å². The van der Waals surface area contributed by atoms with Gasteiger partial charge in [0.15, 0.2) is 0 Å². The van der Waals surface area contributed by atoms with E-state index in [0.29, 0.717) is 23.3 Å². The maximum atomic E-state index is 13.6. The Labute approximate surface area is 266 Å². The summed E-state index contributed by atoms with van der Waals surface area (Å²) in [4.78, 5) is 44.6. The van der Waals surface area contributed by atoms with Gasteiger partial charge in [0.05, 0.1) is 5.88 Å². The minimum Gasteiger partial charge on any atom is -0.351 e. The van der Waals surface area contributed by atoms with Gasteiger partial charge in [-0.2, -0.15) is 11.8 Å². The van der Waals surface area contributed by atoms with Crippen LogP contribution in [0.4, 0.5) is 0 Å². The van der Waals surface area contributed by atoms with Crippen molar-refractivity contribution in [1.29, 1.82) is 0 Å². The van der Waals surface area contributed by atoms with Crippen molar-refractivity contribution in [3.8, 4) is 0 Å². The molecule has 2 saturated carbocycles. The molecule has 2 N–H and O–H groups in total. The second kappa shape index (κ2) is 17.2. The second-order valence-corrected chi connectivity index (χ2v) is 14.5. The van der Waals surface area contributed by atoms with Crippen LogP contribution in [0, 0.1) is 11.8 Å². The summed E-state index contributed by atoms with van der Waals surface area (Å²) in [6.45, 7) is 2.84. The van der Waals surface area contributed by atoms with Crippen LogP contribution in [0.3, 0.4) is 0 Å². The van der Waals surface area contributed by atoms with Gasteiger partial charge >= 0.3 is 0 Å². The lowest BCUT2D eigenvalue weighted by atomic mass is 9.91. The minimum atomic E-state index is -0.576. The highest BCUT2D eigenvalue weighted by Gasteiger charge is 2.39. The zero-order chi connectivity index (χ0) is 28.4. The molecule has 1 unspecified atom stereocenters. The Morgan fingerprint density at radius 3 is 2.33 bits per heavy atom. The zero-order valence-corrected chi connectivity index (χ0v) is 27.3. The predicted octanol–water partition coefficient (Wildman–Crippen LogP) is 5.08. The van der Waals surface area contributed by atoms with E-state index in [-0.39, 0.29) is 42.1 Å². The first kappa shape index (κ1) is 33.5. The first-order valence-corrected chi connectivity index (χ1v) is 18.2. The standard InChI is InChI=1S/C32H48N4O3S2.ClH/c37-30(33-27-15-17-35(18-16-27)19-24-9-3-1-4-10-24)28(21-40-20-25-11-5-2-6-12-25)34-31(38)29-22-41-23-36(29)32(39)26-13-7-8-14-26;/h1,3-4,9-10,25-29H,2,5-8,11-23H2,(H,33,37)(H,34,38);1H/t28-,29?;/m0./s1. The molecule has 42 heavy (non-hydrogen) atoms. The maximum Gasteiger partial charge on any atom is 0.244 e. The molecular weight excluding hydrogens is 588 g/mol. The topological polar surface area (TPSA) is 81.8 Å². The van der Waals surface area contributed by atoms with Crippen molar-refractivity contribution in [2.45, 2.75) is 95.3 Å². The van der Waals surface area contributed by atoms with Crippen molar-refractivity contribution >= 4 is 53.7 Å². The highest BCUT2D eigenvalue weighted by atomic mass is 35.5. The molecule has 2 saturated heterocycles. The Morgan fingerprint density at radius 1 is 0.929 bits per heavy atom. The van der Waals surface area contributed by atoms with E-state index in [4.69, 9.17) is 0 Å². The predicted molar refractivity (Wildman–Crippen MR) is 176 cm³/mol. The van der Waals surface area contributed by atoms with E-state index in [0.717, 1.165) is 63.9 Å². The average molecular weight is 637 g/mol. The van der Waals surface area contributed by atoms with Gasteiger partial charge in [0.2, 0.25) is 17.7 Å². The van der Waals surface area contributed by atoms with Crippen LogP contribution in [0.25, 0.3) is 0 Å². The van der Waals surface area contributed by atoms with Crippen molar-refractivity contribution in [1.82, 2.24) is 20.4 Å². The molecule has 5 rings (SSSR count). The van der Waals surface area contributed by atoms with Crippen LogP contribution in [0.15, 0.2) is 30.3 Å². The number of thioether (sulfide) groups is 2. The van der Waals surface area contributed by atoms with E-state index in [9.17, 15) is 14.4 Å². The van der Waals surface area contributed by atoms with Crippen LogP contribution >= 0.6 is 35.9 Å². The second-order valence-electron chi connectivity index (χ2n) is 12.5. The van der Waals surface area contributed by atoms with Gasteiger partial charge in [0.1, 0.15) is 12.1 Å². The fraction of sp³-hybridized carbons (Fsp3) is 0.719. The van der Waals surface area contributed by atoms with E-state index in [2.05, 4.69) is 39.8 Å². The molecule has 7 nitrogen and oxygen atoms in total. The number of likely N-dealkylation sites (tertiary alicyclic amines) is 1. The van der Waals surface area contributed by atoms with E-state index in [1.165, 1.54) is 37.7 Å². The number of hydrogen-bond acceptors (Lipinski definition) is 6. The third kappa shape index (κ3) is 9.54. The lowest BCUT2D eigenvalue weighted by molar-refractivity contribution is -0.141. The summed E-state index contributed by atoms with van der Waals surface area (Å²) in [5.74, 6) is 3.46. The number of nitrogens with zero attached hydrogens (tertiary/aromatic N) is 2. The van der Waals surface area contributed by atoms with Gasteiger partial charge in [-0.15, -0.1) is 24.2 Å². The van der Waals surface area contributed by atoms with Gasteiger partial charge in [-0.25, -0.2) is 0 Å². The normalized spacial score (nSPS) is 23.3. The number of nitrogens with one attached hydrogen (secondary N) is 2. The zero-order valence-electron chi connectivity index (χ0n) is 24.8. The summed E-state index contributed by atoms with van der Waals surface area (Å²) in [6.07, 6.45) is 12.4. The van der Waals surface area contributed by atoms with Gasteiger partial charge in [0, 0.05) is 43.1 Å². The Bertz CT molecular complexity index is 999. The monoisotopic (exact) mass is 636 g/mol. The number of amides is 3. The minimum absolute atomic E-state index is 0. The molecule has 10 heteroatoms. The molecule has 0 radical (unpaired) electrons. The number of carbonyl (C=O) groups is 3. The number of hydrogen-bond donors (Lipinski definition) is 2. The largest absolute Gasteiger partial charge is 0.351 e. The van der Waals surface area contributed by atoms with Gasteiger partial charge in [-0.3, -0.25) is 19.3 Å².